The molecule has 0 aliphatic rings. The average molecular weight is 289 g/mol. The molecule has 4 heteroatoms. The lowest BCUT2D eigenvalue weighted by Gasteiger charge is -2.09. The van der Waals surface area contributed by atoms with E-state index < -0.39 is 0 Å². The summed E-state index contributed by atoms with van der Waals surface area (Å²) >= 11 is 5.96. The van der Waals surface area contributed by atoms with Gasteiger partial charge in [0.25, 0.3) is 5.91 Å². The van der Waals surface area contributed by atoms with Crippen LogP contribution in [0.2, 0.25) is 5.15 Å². The van der Waals surface area contributed by atoms with E-state index in [-0.39, 0.29) is 11.8 Å². The predicted molar refractivity (Wildman–Crippen MR) is 80.9 cm³/mol. The molecule has 1 N–H and O–H groups in total. The molecule has 2 aromatic rings. The molecule has 1 aromatic carbocycles. The van der Waals surface area contributed by atoms with Gasteiger partial charge in [-0.15, -0.1) is 0 Å². The first-order valence-corrected chi connectivity index (χ1v) is 6.93. The second-order valence-electron chi connectivity index (χ2n) is 4.93. The van der Waals surface area contributed by atoms with E-state index >= 15 is 0 Å². The van der Waals surface area contributed by atoms with Gasteiger partial charge in [0, 0.05) is 17.8 Å². The van der Waals surface area contributed by atoms with Crippen LogP contribution in [0.5, 0.6) is 0 Å². The Labute approximate surface area is 124 Å². The molecule has 3 nitrogen and oxygen atoms in total. The standard InChI is InChI=1S/C16H17ClN2O/c1-11(2)14-8-13(9-15(17)19-14)16(20)18-10-12-6-4-3-5-7-12/h3-9,11H,10H2,1-2H3,(H,18,20). The molecule has 0 fully saturated rings. The largest absolute Gasteiger partial charge is 0.348 e. The number of nitrogens with zero attached hydrogens (tertiary/aromatic N) is 1. The molecule has 0 saturated carbocycles. The number of nitrogens with one attached hydrogen (secondary N) is 1. The van der Waals surface area contributed by atoms with Crippen LogP contribution < -0.4 is 5.32 Å². The molecule has 0 radical (unpaired) electrons. The highest BCUT2D eigenvalue weighted by Crippen LogP contribution is 2.17. The number of halogens is 1. The first kappa shape index (κ1) is 14.5. The minimum Gasteiger partial charge on any atom is -0.348 e. The van der Waals surface area contributed by atoms with Gasteiger partial charge in [-0.1, -0.05) is 55.8 Å². The SMILES string of the molecule is CC(C)c1cc(C(=O)NCc2ccccc2)cc(Cl)n1. The van der Waals surface area contributed by atoms with Crippen LogP contribution in [0.3, 0.4) is 0 Å². The van der Waals surface area contributed by atoms with Gasteiger partial charge in [0.05, 0.1) is 0 Å². The van der Waals surface area contributed by atoms with Crippen molar-refractivity contribution in [3.63, 3.8) is 0 Å². The molecule has 0 unspecified atom stereocenters. The Morgan fingerprint density at radius 3 is 2.60 bits per heavy atom. The third kappa shape index (κ3) is 3.81. The van der Waals surface area contributed by atoms with E-state index in [0.717, 1.165) is 11.3 Å². The van der Waals surface area contributed by atoms with Gasteiger partial charge in [-0.25, -0.2) is 4.98 Å². The summed E-state index contributed by atoms with van der Waals surface area (Å²) < 4.78 is 0. The zero-order valence-corrected chi connectivity index (χ0v) is 12.3. The summed E-state index contributed by atoms with van der Waals surface area (Å²) in [5.74, 6) is 0.0921. The first-order valence-electron chi connectivity index (χ1n) is 6.56. The lowest BCUT2D eigenvalue weighted by Crippen LogP contribution is -2.23. The highest BCUT2D eigenvalue weighted by atomic mass is 35.5. The summed E-state index contributed by atoms with van der Waals surface area (Å²) in [5, 5.41) is 3.23. The van der Waals surface area contributed by atoms with Gasteiger partial charge in [-0.2, -0.15) is 0 Å². The monoisotopic (exact) mass is 288 g/mol. The van der Waals surface area contributed by atoms with Gasteiger partial charge in [0.1, 0.15) is 5.15 Å². The molecule has 1 aromatic heterocycles. The van der Waals surface area contributed by atoms with Crippen LogP contribution >= 0.6 is 11.6 Å². The maximum absolute atomic E-state index is 12.1. The molecule has 0 aliphatic carbocycles. The van der Waals surface area contributed by atoms with Gasteiger partial charge in [0.2, 0.25) is 0 Å². The van der Waals surface area contributed by atoms with Crippen LogP contribution in [0.4, 0.5) is 0 Å². The Kier molecular flexibility index (Phi) is 4.74. The molecular weight excluding hydrogens is 272 g/mol. The highest BCUT2D eigenvalue weighted by molar-refractivity contribution is 6.29. The molecule has 0 spiro atoms. The van der Waals surface area contributed by atoms with E-state index in [2.05, 4.69) is 10.3 Å². The van der Waals surface area contributed by atoms with E-state index in [4.69, 9.17) is 11.6 Å². The third-order valence-corrected chi connectivity index (χ3v) is 3.16. The van der Waals surface area contributed by atoms with Crippen LogP contribution in [0, 0.1) is 0 Å². The maximum atomic E-state index is 12.1. The van der Waals surface area contributed by atoms with Crippen LogP contribution in [0.1, 0.15) is 41.4 Å². The topological polar surface area (TPSA) is 42.0 Å². The van der Waals surface area contributed by atoms with Gasteiger partial charge in [-0.05, 0) is 23.6 Å². The van der Waals surface area contributed by atoms with Crippen molar-refractivity contribution in [3.8, 4) is 0 Å². The summed E-state index contributed by atoms with van der Waals surface area (Å²) in [6, 6.07) is 13.2. The molecule has 1 amide bonds. The number of hydrogen-bond acceptors (Lipinski definition) is 2. The number of hydrogen-bond donors (Lipinski definition) is 1. The van der Waals surface area contributed by atoms with Crippen molar-refractivity contribution >= 4 is 17.5 Å². The minimum absolute atomic E-state index is 0.139. The Hall–Kier alpha value is -1.87. The van der Waals surface area contributed by atoms with Gasteiger partial charge in [0.15, 0.2) is 0 Å². The lowest BCUT2D eigenvalue weighted by molar-refractivity contribution is 0.0950. The average Bonchev–Trinajstić information content (AvgIpc) is 2.45. The van der Waals surface area contributed by atoms with E-state index in [0.29, 0.717) is 17.3 Å². The quantitative estimate of drug-likeness (QED) is 0.870. The summed E-state index contributed by atoms with van der Waals surface area (Å²) in [7, 11) is 0. The van der Waals surface area contributed by atoms with Crippen molar-refractivity contribution < 1.29 is 4.79 Å². The second kappa shape index (κ2) is 6.53. The number of benzene rings is 1. The zero-order chi connectivity index (χ0) is 14.5. The van der Waals surface area contributed by atoms with Crippen molar-refractivity contribution in [2.45, 2.75) is 26.3 Å². The lowest BCUT2D eigenvalue weighted by atomic mass is 10.1. The first-order chi connectivity index (χ1) is 9.56. The summed E-state index contributed by atoms with van der Waals surface area (Å²) in [4.78, 5) is 16.4. The zero-order valence-electron chi connectivity index (χ0n) is 11.6. The molecule has 1 heterocycles. The number of pyridine rings is 1. The Morgan fingerprint density at radius 2 is 1.95 bits per heavy atom. The van der Waals surface area contributed by atoms with Crippen molar-refractivity contribution in [1.82, 2.24) is 10.3 Å². The van der Waals surface area contributed by atoms with E-state index in [9.17, 15) is 4.79 Å². The Morgan fingerprint density at radius 1 is 1.25 bits per heavy atom. The molecule has 0 aliphatic heterocycles. The third-order valence-electron chi connectivity index (χ3n) is 2.96. The predicted octanol–water partition coefficient (Wildman–Crippen LogP) is 3.79. The minimum atomic E-state index is -0.139. The van der Waals surface area contributed by atoms with Crippen molar-refractivity contribution in [2.24, 2.45) is 0 Å². The molecule has 0 bridgehead atoms. The van der Waals surface area contributed by atoms with E-state index in [1.165, 1.54) is 0 Å². The van der Waals surface area contributed by atoms with E-state index in [1.807, 2.05) is 44.2 Å². The smallest absolute Gasteiger partial charge is 0.251 e. The Balaban J connectivity index is 2.09. The van der Waals surface area contributed by atoms with Crippen LogP contribution in [-0.4, -0.2) is 10.9 Å². The normalized spacial score (nSPS) is 10.6. The van der Waals surface area contributed by atoms with Gasteiger partial charge >= 0.3 is 0 Å². The van der Waals surface area contributed by atoms with Crippen LogP contribution in [0.25, 0.3) is 0 Å². The molecule has 20 heavy (non-hydrogen) atoms. The second-order valence-corrected chi connectivity index (χ2v) is 5.31. The van der Waals surface area contributed by atoms with Gasteiger partial charge in [-0.3, -0.25) is 4.79 Å². The van der Waals surface area contributed by atoms with Crippen molar-refractivity contribution in [2.75, 3.05) is 0 Å². The molecule has 104 valence electrons. The van der Waals surface area contributed by atoms with Crippen molar-refractivity contribution in [3.05, 3.63) is 64.4 Å². The highest BCUT2D eigenvalue weighted by Gasteiger charge is 2.11. The summed E-state index contributed by atoms with van der Waals surface area (Å²) in [6.45, 7) is 4.53. The fraction of sp³-hybridized carbons (Fsp3) is 0.250. The number of aromatic nitrogens is 1. The fourth-order valence-corrected chi connectivity index (χ4v) is 2.04. The fourth-order valence-electron chi connectivity index (χ4n) is 1.82. The molecule has 0 atom stereocenters. The number of carbonyl (C=O) groups is 1. The number of carbonyl (C=O) groups excluding carboxylic acids is 1. The number of rotatable bonds is 4. The Bertz CT molecular complexity index is 597. The maximum Gasteiger partial charge on any atom is 0.251 e. The molecule has 2 rings (SSSR count). The number of amides is 1. The van der Waals surface area contributed by atoms with E-state index in [1.54, 1.807) is 12.1 Å². The van der Waals surface area contributed by atoms with Crippen LogP contribution in [0.15, 0.2) is 42.5 Å². The summed E-state index contributed by atoms with van der Waals surface area (Å²) in [5.41, 5.74) is 2.43. The molecule has 0 saturated heterocycles. The summed E-state index contributed by atoms with van der Waals surface area (Å²) in [6.07, 6.45) is 0. The van der Waals surface area contributed by atoms with Crippen LogP contribution in [-0.2, 0) is 6.54 Å². The van der Waals surface area contributed by atoms with Crippen molar-refractivity contribution in [1.29, 1.82) is 0 Å². The van der Waals surface area contributed by atoms with Gasteiger partial charge < -0.3 is 5.32 Å². The molecular formula is C16H17ClN2O.